The molecule has 5 rings (SSSR count). The van der Waals surface area contributed by atoms with Crippen LogP contribution in [-0.2, 0) is 13.0 Å². The highest BCUT2D eigenvalue weighted by atomic mass is 19.1. The molecule has 120 valence electrons. The largest absolute Gasteiger partial charge is 0.454 e. The number of benzene rings is 2. The van der Waals surface area contributed by atoms with Crippen LogP contribution in [0.3, 0.4) is 0 Å². The number of ether oxygens (including phenoxy) is 2. The van der Waals surface area contributed by atoms with Crippen LogP contribution < -0.4 is 9.47 Å². The Morgan fingerprint density at radius 1 is 1.00 bits per heavy atom. The van der Waals surface area contributed by atoms with Gasteiger partial charge in [-0.3, -0.25) is 0 Å². The number of halogens is 1. The lowest BCUT2D eigenvalue weighted by Crippen LogP contribution is -1.96. The number of nitrogens with zero attached hydrogens (tertiary/aromatic N) is 2. The average molecular weight is 322 g/mol. The third-order valence-corrected chi connectivity index (χ3v) is 4.57. The summed E-state index contributed by atoms with van der Waals surface area (Å²) in [7, 11) is 0. The van der Waals surface area contributed by atoms with Crippen LogP contribution >= 0.6 is 0 Å². The Morgan fingerprint density at radius 2 is 1.92 bits per heavy atom. The maximum absolute atomic E-state index is 13.7. The molecule has 0 N–H and O–H groups in total. The number of aromatic nitrogens is 2. The monoisotopic (exact) mass is 322 g/mol. The molecule has 0 radical (unpaired) electrons. The molecule has 2 aliphatic heterocycles. The minimum atomic E-state index is -0.253. The van der Waals surface area contributed by atoms with Crippen molar-refractivity contribution < 1.29 is 13.9 Å². The van der Waals surface area contributed by atoms with E-state index in [0.29, 0.717) is 0 Å². The van der Waals surface area contributed by atoms with Gasteiger partial charge in [-0.1, -0.05) is 12.1 Å². The molecule has 24 heavy (non-hydrogen) atoms. The fraction of sp³-hybridized carbons (Fsp3) is 0.211. The Hall–Kier alpha value is -2.82. The molecule has 0 atom stereocenters. The van der Waals surface area contributed by atoms with Gasteiger partial charge in [-0.15, -0.1) is 0 Å². The summed E-state index contributed by atoms with van der Waals surface area (Å²) in [5.74, 6) is 2.30. The van der Waals surface area contributed by atoms with E-state index in [4.69, 9.17) is 14.5 Å². The predicted molar refractivity (Wildman–Crippen MR) is 87.5 cm³/mol. The molecule has 5 heteroatoms. The molecular weight excluding hydrogens is 307 g/mol. The highest BCUT2D eigenvalue weighted by molar-refractivity contribution is 5.80. The van der Waals surface area contributed by atoms with Crippen LogP contribution in [0.25, 0.3) is 22.5 Å². The molecule has 3 heterocycles. The molecule has 0 unspecified atom stereocenters. The van der Waals surface area contributed by atoms with Gasteiger partial charge in [0.25, 0.3) is 0 Å². The van der Waals surface area contributed by atoms with Crippen molar-refractivity contribution in [1.29, 1.82) is 0 Å². The van der Waals surface area contributed by atoms with Crippen LogP contribution in [0, 0.1) is 5.82 Å². The molecule has 0 fully saturated rings. The second-order valence-corrected chi connectivity index (χ2v) is 6.06. The summed E-state index contributed by atoms with van der Waals surface area (Å²) >= 11 is 0. The molecule has 0 spiro atoms. The van der Waals surface area contributed by atoms with E-state index in [1.165, 1.54) is 12.1 Å². The van der Waals surface area contributed by atoms with E-state index in [0.717, 1.165) is 59.2 Å². The summed E-state index contributed by atoms with van der Waals surface area (Å²) in [6.45, 7) is 1.18. The highest BCUT2D eigenvalue weighted by Crippen LogP contribution is 2.40. The van der Waals surface area contributed by atoms with Gasteiger partial charge in [0.2, 0.25) is 6.79 Å². The Balaban J connectivity index is 1.72. The van der Waals surface area contributed by atoms with Crippen molar-refractivity contribution in [1.82, 2.24) is 9.55 Å². The number of rotatable bonds is 2. The van der Waals surface area contributed by atoms with Crippen LogP contribution in [0.15, 0.2) is 42.5 Å². The molecule has 2 aromatic carbocycles. The number of imidazole rings is 1. The molecule has 0 saturated carbocycles. The standard InChI is InChI=1S/C19H15FN2O2/c20-14-4-1-3-12(9-14)18-19(22-8-2-5-17(22)21-18)13-6-7-15-16(10-13)24-11-23-15/h1,3-4,6-7,9-10H,2,5,8,11H2. The first-order chi connectivity index (χ1) is 11.8. The van der Waals surface area contributed by atoms with Crippen molar-refractivity contribution in [3.8, 4) is 34.0 Å². The second-order valence-electron chi connectivity index (χ2n) is 6.06. The summed E-state index contributed by atoms with van der Waals surface area (Å²) in [5.41, 5.74) is 3.65. The Kier molecular flexibility index (Phi) is 2.89. The normalized spacial score (nSPS) is 14.9. The summed E-state index contributed by atoms with van der Waals surface area (Å²) in [6.07, 6.45) is 2.04. The van der Waals surface area contributed by atoms with Gasteiger partial charge < -0.3 is 14.0 Å². The molecule has 4 nitrogen and oxygen atoms in total. The first-order valence-electron chi connectivity index (χ1n) is 8.05. The topological polar surface area (TPSA) is 36.3 Å². The predicted octanol–water partition coefficient (Wildman–Crippen LogP) is 4.03. The summed E-state index contributed by atoms with van der Waals surface area (Å²) < 4.78 is 26.8. The molecule has 0 aliphatic carbocycles. The SMILES string of the molecule is Fc1cccc(-c2nc3n(c2-c2ccc4c(c2)OCO4)CCC3)c1. The fourth-order valence-corrected chi connectivity index (χ4v) is 3.50. The third kappa shape index (κ3) is 2.01. The first kappa shape index (κ1) is 13.6. The third-order valence-electron chi connectivity index (χ3n) is 4.57. The quantitative estimate of drug-likeness (QED) is 0.715. The maximum atomic E-state index is 13.7. The molecule has 0 saturated heterocycles. The lowest BCUT2D eigenvalue weighted by atomic mass is 10.0. The Bertz CT molecular complexity index is 949. The second kappa shape index (κ2) is 5.09. The lowest BCUT2D eigenvalue weighted by molar-refractivity contribution is 0.174. The van der Waals surface area contributed by atoms with E-state index in [2.05, 4.69) is 4.57 Å². The van der Waals surface area contributed by atoms with E-state index in [-0.39, 0.29) is 12.6 Å². The summed E-state index contributed by atoms with van der Waals surface area (Å²) in [5, 5.41) is 0. The van der Waals surface area contributed by atoms with E-state index in [1.807, 2.05) is 24.3 Å². The molecule has 2 aliphatic rings. The minimum absolute atomic E-state index is 0.250. The summed E-state index contributed by atoms with van der Waals surface area (Å²) in [6, 6.07) is 12.5. The van der Waals surface area contributed by atoms with Crippen molar-refractivity contribution in [2.75, 3.05) is 6.79 Å². The van der Waals surface area contributed by atoms with Crippen molar-refractivity contribution >= 4 is 0 Å². The van der Waals surface area contributed by atoms with Crippen LogP contribution in [0.1, 0.15) is 12.2 Å². The Morgan fingerprint density at radius 3 is 2.83 bits per heavy atom. The van der Waals surface area contributed by atoms with Crippen molar-refractivity contribution in [3.05, 3.63) is 54.1 Å². The van der Waals surface area contributed by atoms with Gasteiger partial charge in [-0.2, -0.15) is 0 Å². The Labute approximate surface area is 138 Å². The zero-order valence-corrected chi connectivity index (χ0v) is 13.0. The van der Waals surface area contributed by atoms with Crippen molar-refractivity contribution in [2.45, 2.75) is 19.4 Å². The number of aryl methyl sites for hydroxylation is 1. The van der Waals surface area contributed by atoms with Gasteiger partial charge in [0.05, 0.1) is 11.4 Å². The molecule has 0 bridgehead atoms. The van der Waals surface area contributed by atoms with Gasteiger partial charge >= 0.3 is 0 Å². The van der Waals surface area contributed by atoms with Crippen LogP contribution in [0.5, 0.6) is 11.5 Å². The number of hydrogen-bond acceptors (Lipinski definition) is 3. The van der Waals surface area contributed by atoms with Crippen LogP contribution in [0.2, 0.25) is 0 Å². The van der Waals surface area contributed by atoms with Crippen molar-refractivity contribution in [2.24, 2.45) is 0 Å². The van der Waals surface area contributed by atoms with Crippen molar-refractivity contribution in [3.63, 3.8) is 0 Å². The van der Waals surface area contributed by atoms with Crippen LogP contribution in [0.4, 0.5) is 4.39 Å². The highest BCUT2D eigenvalue weighted by Gasteiger charge is 2.25. The first-order valence-corrected chi connectivity index (χ1v) is 8.05. The van der Waals surface area contributed by atoms with Gasteiger partial charge in [-0.25, -0.2) is 9.37 Å². The van der Waals surface area contributed by atoms with Gasteiger partial charge in [-0.05, 0) is 36.8 Å². The molecule has 3 aromatic rings. The zero-order valence-electron chi connectivity index (χ0n) is 13.0. The van der Waals surface area contributed by atoms with E-state index < -0.39 is 0 Å². The van der Waals surface area contributed by atoms with Gasteiger partial charge in [0.15, 0.2) is 11.5 Å². The van der Waals surface area contributed by atoms with Gasteiger partial charge in [0, 0.05) is 24.1 Å². The van der Waals surface area contributed by atoms with E-state index >= 15 is 0 Å². The zero-order chi connectivity index (χ0) is 16.1. The number of fused-ring (bicyclic) bond motifs is 2. The van der Waals surface area contributed by atoms with Gasteiger partial charge in [0.1, 0.15) is 11.6 Å². The minimum Gasteiger partial charge on any atom is -0.454 e. The molecule has 0 amide bonds. The fourth-order valence-electron chi connectivity index (χ4n) is 3.50. The molecular formula is C19H15FN2O2. The smallest absolute Gasteiger partial charge is 0.231 e. The average Bonchev–Trinajstić information content (AvgIpc) is 3.29. The van der Waals surface area contributed by atoms with Crippen LogP contribution in [-0.4, -0.2) is 16.3 Å². The molecule has 1 aromatic heterocycles. The maximum Gasteiger partial charge on any atom is 0.231 e. The van der Waals surface area contributed by atoms with E-state index in [1.54, 1.807) is 6.07 Å². The lowest BCUT2D eigenvalue weighted by Gasteiger charge is -2.09. The number of hydrogen-bond donors (Lipinski definition) is 0. The summed E-state index contributed by atoms with van der Waals surface area (Å²) in [4.78, 5) is 4.80. The van der Waals surface area contributed by atoms with E-state index in [9.17, 15) is 4.39 Å².